The van der Waals surface area contributed by atoms with Crippen LogP contribution in [0.1, 0.15) is 38.2 Å². The largest absolute Gasteiger partial charge is 0.491 e. The van der Waals surface area contributed by atoms with Crippen molar-refractivity contribution in [2.45, 2.75) is 34.2 Å². The van der Waals surface area contributed by atoms with Gasteiger partial charge in [-0.15, -0.1) is 0 Å². The standard InChI is InChI=1S/C27H32N2O4S/c1-19-8-7-11-25(22(19)4)33-17-16-28-27(30)24-14-12-23(13-15-24)18-29(34(5,31)32)26-20(2)9-6-10-21(26)3/h6-15H,16-18H2,1-5H3,(H,28,30). The molecule has 0 heterocycles. The van der Waals surface area contributed by atoms with Gasteiger partial charge >= 0.3 is 0 Å². The SMILES string of the molecule is Cc1cccc(OCCNC(=O)c2ccc(CN(c3c(C)cccc3C)S(C)(=O)=O)cc2)c1C. The third-order valence-corrected chi connectivity index (χ3v) is 6.94. The molecule has 7 heteroatoms. The molecule has 1 N–H and O–H groups in total. The van der Waals surface area contributed by atoms with Crippen LogP contribution in [0, 0.1) is 27.7 Å². The fourth-order valence-corrected chi connectivity index (χ4v) is 4.80. The van der Waals surface area contributed by atoms with E-state index in [2.05, 4.69) is 5.32 Å². The molecule has 0 aliphatic carbocycles. The topological polar surface area (TPSA) is 75.7 Å². The van der Waals surface area contributed by atoms with E-state index in [1.54, 1.807) is 24.3 Å². The van der Waals surface area contributed by atoms with E-state index < -0.39 is 10.0 Å². The van der Waals surface area contributed by atoms with Gasteiger partial charge in [0.1, 0.15) is 12.4 Å². The van der Waals surface area contributed by atoms with Crippen LogP contribution < -0.4 is 14.4 Å². The van der Waals surface area contributed by atoms with Crippen molar-refractivity contribution < 1.29 is 17.9 Å². The Morgan fingerprint density at radius 1 is 0.882 bits per heavy atom. The number of amides is 1. The van der Waals surface area contributed by atoms with Crippen molar-refractivity contribution in [2.24, 2.45) is 0 Å². The first-order valence-electron chi connectivity index (χ1n) is 11.2. The van der Waals surface area contributed by atoms with Crippen LogP contribution in [0.4, 0.5) is 5.69 Å². The summed E-state index contributed by atoms with van der Waals surface area (Å²) >= 11 is 0. The number of carbonyl (C=O) groups excluding carboxylic acids is 1. The molecular weight excluding hydrogens is 448 g/mol. The molecule has 0 bridgehead atoms. The molecule has 0 radical (unpaired) electrons. The normalized spacial score (nSPS) is 11.2. The van der Waals surface area contributed by atoms with Crippen molar-refractivity contribution in [3.8, 4) is 5.75 Å². The summed E-state index contributed by atoms with van der Waals surface area (Å²) in [5.74, 6) is 0.615. The maximum Gasteiger partial charge on any atom is 0.251 e. The van der Waals surface area contributed by atoms with Gasteiger partial charge < -0.3 is 10.1 Å². The van der Waals surface area contributed by atoms with Gasteiger partial charge in [-0.1, -0.05) is 42.5 Å². The number of aryl methyl sites for hydroxylation is 3. The van der Waals surface area contributed by atoms with E-state index in [0.717, 1.165) is 33.6 Å². The molecular formula is C27H32N2O4S. The fourth-order valence-electron chi connectivity index (χ4n) is 3.80. The lowest BCUT2D eigenvalue weighted by Gasteiger charge is -2.26. The highest BCUT2D eigenvalue weighted by molar-refractivity contribution is 7.92. The Kier molecular flexibility index (Phi) is 7.99. The van der Waals surface area contributed by atoms with Crippen molar-refractivity contribution >= 4 is 21.6 Å². The predicted molar refractivity (Wildman–Crippen MR) is 137 cm³/mol. The van der Waals surface area contributed by atoms with Crippen molar-refractivity contribution in [3.05, 3.63) is 94.0 Å². The molecule has 0 atom stereocenters. The minimum absolute atomic E-state index is 0.191. The van der Waals surface area contributed by atoms with Gasteiger partial charge in [0, 0.05) is 5.56 Å². The molecule has 34 heavy (non-hydrogen) atoms. The smallest absolute Gasteiger partial charge is 0.251 e. The van der Waals surface area contributed by atoms with E-state index in [9.17, 15) is 13.2 Å². The van der Waals surface area contributed by atoms with Crippen LogP contribution >= 0.6 is 0 Å². The second-order valence-electron chi connectivity index (χ2n) is 8.51. The van der Waals surface area contributed by atoms with Crippen LogP contribution in [0.3, 0.4) is 0 Å². The van der Waals surface area contributed by atoms with E-state index in [1.807, 2.05) is 64.1 Å². The Balaban J connectivity index is 1.62. The molecule has 1 amide bonds. The average molecular weight is 481 g/mol. The number of carbonyl (C=O) groups is 1. The van der Waals surface area contributed by atoms with E-state index in [1.165, 1.54) is 10.6 Å². The molecule has 0 unspecified atom stereocenters. The van der Waals surface area contributed by atoms with E-state index in [0.29, 0.717) is 24.4 Å². The fraction of sp³-hybridized carbons (Fsp3) is 0.296. The third kappa shape index (κ3) is 6.17. The molecule has 180 valence electrons. The molecule has 0 spiro atoms. The lowest BCUT2D eigenvalue weighted by atomic mass is 10.1. The van der Waals surface area contributed by atoms with Gasteiger partial charge in [-0.2, -0.15) is 0 Å². The summed E-state index contributed by atoms with van der Waals surface area (Å²) < 4.78 is 32.3. The van der Waals surface area contributed by atoms with E-state index in [-0.39, 0.29) is 12.5 Å². The van der Waals surface area contributed by atoms with E-state index in [4.69, 9.17) is 4.74 Å². The molecule has 0 aliphatic rings. The van der Waals surface area contributed by atoms with Crippen molar-refractivity contribution in [1.82, 2.24) is 5.32 Å². The number of nitrogens with one attached hydrogen (secondary N) is 1. The minimum Gasteiger partial charge on any atom is -0.491 e. The molecule has 0 aliphatic heterocycles. The Labute approximate surface area is 202 Å². The summed E-state index contributed by atoms with van der Waals surface area (Å²) in [6.07, 6.45) is 1.21. The average Bonchev–Trinajstić information content (AvgIpc) is 2.78. The Morgan fingerprint density at radius 2 is 1.47 bits per heavy atom. The lowest BCUT2D eigenvalue weighted by molar-refractivity contribution is 0.0947. The molecule has 3 aromatic rings. The molecule has 6 nitrogen and oxygen atoms in total. The van der Waals surface area contributed by atoms with Crippen molar-refractivity contribution in [1.29, 1.82) is 0 Å². The molecule has 3 rings (SSSR count). The van der Waals surface area contributed by atoms with Crippen LogP contribution in [0.15, 0.2) is 60.7 Å². The Morgan fingerprint density at radius 3 is 2.09 bits per heavy atom. The van der Waals surface area contributed by atoms with Gasteiger partial charge in [0.05, 0.1) is 25.0 Å². The number of ether oxygens (including phenoxy) is 1. The number of nitrogens with zero attached hydrogens (tertiary/aromatic N) is 1. The summed E-state index contributed by atoms with van der Waals surface area (Å²) in [5, 5.41) is 2.86. The lowest BCUT2D eigenvalue weighted by Crippen LogP contribution is -2.31. The van der Waals surface area contributed by atoms with Gasteiger partial charge in [-0.25, -0.2) is 8.42 Å². The molecule has 0 fully saturated rings. The van der Waals surface area contributed by atoms with Crippen LogP contribution in [0.5, 0.6) is 5.75 Å². The first kappa shape index (κ1) is 25.3. The Bertz CT molecular complexity index is 1250. The van der Waals surface area contributed by atoms with Gasteiger partial charge in [-0.3, -0.25) is 9.10 Å². The van der Waals surface area contributed by atoms with Crippen LogP contribution in [-0.4, -0.2) is 33.7 Å². The number of hydrogen-bond donors (Lipinski definition) is 1. The monoisotopic (exact) mass is 480 g/mol. The van der Waals surface area contributed by atoms with Crippen LogP contribution in [-0.2, 0) is 16.6 Å². The van der Waals surface area contributed by atoms with Gasteiger partial charge in [0.25, 0.3) is 5.91 Å². The second-order valence-corrected chi connectivity index (χ2v) is 10.4. The maximum absolute atomic E-state index is 12.6. The quantitative estimate of drug-likeness (QED) is 0.451. The minimum atomic E-state index is -3.49. The van der Waals surface area contributed by atoms with Gasteiger partial charge in [-0.05, 0) is 73.7 Å². The van der Waals surface area contributed by atoms with E-state index >= 15 is 0 Å². The van der Waals surface area contributed by atoms with Crippen LogP contribution in [0.25, 0.3) is 0 Å². The van der Waals surface area contributed by atoms with Gasteiger partial charge in [0.2, 0.25) is 10.0 Å². The summed E-state index contributed by atoms with van der Waals surface area (Å²) in [4.78, 5) is 12.5. The number of rotatable bonds is 9. The Hall–Kier alpha value is -3.32. The molecule has 0 saturated carbocycles. The number of para-hydroxylation sites is 1. The third-order valence-electron chi connectivity index (χ3n) is 5.83. The molecule has 0 saturated heterocycles. The highest BCUT2D eigenvalue weighted by Crippen LogP contribution is 2.28. The number of benzene rings is 3. The first-order chi connectivity index (χ1) is 16.1. The maximum atomic E-state index is 12.6. The highest BCUT2D eigenvalue weighted by atomic mass is 32.2. The number of hydrogen-bond acceptors (Lipinski definition) is 4. The molecule has 3 aromatic carbocycles. The van der Waals surface area contributed by atoms with Gasteiger partial charge in [0.15, 0.2) is 0 Å². The van der Waals surface area contributed by atoms with Crippen molar-refractivity contribution in [3.63, 3.8) is 0 Å². The summed E-state index contributed by atoms with van der Waals surface area (Å²) in [6.45, 7) is 8.78. The van der Waals surface area contributed by atoms with Crippen LogP contribution in [0.2, 0.25) is 0 Å². The predicted octanol–water partition coefficient (Wildman–Crippen LogP) is 4.70. The number of anilines is 1. The first-order valence-corrected chi connectivity index (χ1v) is 13.0. The highest BCUT2D eigenvalue weighted by Gasteiger charge is 2.21. The summed E-state index contributed by atoms with van der Waals surface area (Å²) in [6, 6.07) is 18.6. The second kappa shape index (κ2) is 10.7. The summed E-state index contributed by atoms with van der Waals surface area (Å²) in [5.41, 5.74) is 6.03. The zero-order valence-electron chi connectivity index (χ0n) is 20.4. The summed E-state index contributed by atoms with van der Waals surface area (Å²) in [7, 11) is -3.49. The molecule has 0 aromatic heterocycles. The van der Waals surface area contributed by atoms with Crippen molar-refractivity contribution in [2.75, 3.05) is 23.7 Å². The number of sulfonamides is 1. The zero-order valence-corrected chi connectivity index (χ0v) is 21.2. The zero-order chi connectivity index (χ0) is 24.9.